The summed E-state index contributed by atoms with van der Waals surface area (Å²) >= 11 is 0. The van der Waals surface area contributed by atoms with E-state index in [9.17, 15) is 0 Å². The molecule has 1 saturated heterocycles. The molecule has 1 aliphatic rings. The van der Waals surface area contributed by atoms with E-state index >= 15 is 0 Å². The Morgan fingerprint density at radius 3 is 2.30 bits per heavy atom. The van der Waals surface area contributed by atoms with Gasteiger partial charge in [0.2, 0.25) is 0 Å². The molecule has 0 saturated carbocycles. The molecule has 134 valence electrons. The van der Waals surface area contributed by atoms with Gasteiger partial charge >= 0.3 is 0 Å². The first-order chi connectivity index (χ1) is 13.4. The second kappa shape index (κ2) is 7.10. The van der Waals surface area contributed by atoms with Crippen molar-refractivity contribution in [2.24, 2.45) is 0 Å². The fraction of sp³-hybridized carbons (Fsp3) is 0.208. The normalized spacial score (nSPS) is 16.6. The third-order valence-electron chi connectivity index (χ3n) is 5.51. The Morgan fingerprint density at radius 2 is 1.44 bits per heavy atom. The molecule has 3 nitrogen and oxygen atoms in total. The van der Waals surface area contributed by atoms with Crippen LogP contribution >= 0.6 is 0 Å². The molecule has 0 aliphatic carbocycles. The van der Waals surface area contributed by atoms with Crippen LogP contribution in [0.3, 0.4) is 0 Å². The summed E-state index contributed by atoms with van der Waals surface area (Å²) in [6.07, 6.45) is 0. The summed E-state index contributed by atoms with van der Waals surface area (Å²) in [6.45, 7) is 4.12. The molecule has 1 unspecified atom stereocenters. The fourth-order valence-corrected chi connectivity index (χ4v) is 4.12. The highest BCUT2D eigenvalue weighted by molar-refractivity contribution is 5.83. The quantitative estimate of drug-likeness (QED) is 0.592. The third-order valence-corrected chi connectivity index (χ3v) is 5.51. The van der Waals surface area contributed by atoms with Crippen LogP contribution in [0.25, 0.3) is 21.7 Å². The number of hydrogen-bond donors (Lipinski definition) is 1. The second-order valence-corrected chi connectivity index (χ2v) is 7.22. The summed E-state index contributed by atoms with van der Waals surface area (Å²) in [7, 11) is 0. The van der Waals surface area contributed by atoms with Crippen molar-refractivity contribution in [1.82, 2.24) is 15.2 Å². The number of benzene rings is 3. The second-order valence-electron chi connectivity index (χ2n) is 7.22. The average molecular weight is 353 g/mol. The summed E-state index contributed by atoms with van der Waals surface area (Å²) in [5.41, 5.74) is 3.51. The Hall–Kier alpha value is -2.75. The van der Waals surface area contributed by atoms with Gasteiger partial charge in [-0.1, -0.05) is 60.7 Å². The van der Waals surface area contributed by atoms with E-state index in [-0.39, 0.29) is 6.04 Å². The van der Waals surface area contributed by atoms with Gasteiger partial charge < -0.3 is 5.32 Å². The van der Waals surface area contributed by atoms with E-state index in [4.69, 9.17) is 4.98 Å². The molecular formula is C24H23N3. The molecule has 1 N–H and O–H groups in total. The first-order valence-corrected chi connectivity index (χ1v) is 9.68. The zero-order valence-corrected chi connectivity index (χ0v) is 15.3. The van der Waals surface area contributed by atoms with Crippen molar-refractivity contribution in [3.8, 4) is 0 Å². The van der Waals surface area contributed by atoms with Crippen LogP contribution in [-0.4, -0.2) is 36.1 Å². The van der Waals surface area contributed by atoms with Crippen LogP contribution in [-0.2, 0) is 0 Å². The molecule has 5 rings (SSSR count). The summed E-state index contributed by atoms with van der Waals surface area (Å²) in [4.78, 5) is 7.60. The van der Waals surface area contributed by atoms with Gasteiger partial charge in [0.05, 0.1) is 17.3 Å². The molecule has 0 amide bonds. The minimum absolute atomic E-state index is 0.182. The highest BCUT2D eigenvalue weighted by Gasteiger charge is 2.25. The van der Waals surface area contributed by atoms with Gasteiger partial charge in [0.1, 0.15) is 0 Å². The van der Waals surface area contributed by atoms with Gasteiger partial charge in [-0.25, -0.2) is 0 Å². The van der Waals surface area contributed by atoms with Crippen molar-refractivity contribution >= 4 is 21.7 Å². The van der Waals surface area contributed by atoms with Crippen LogP contribution in [0.4, 0.5) is 0 Å². The fourth-order valence-electron chi connectivity index (χ4n) is 4.12. The Bertz CT molecular complexity index is 1000. The Labute approximate surface area is 159 Å². The number of nitrogens with one attached hydrogen (secondary N) is 1. The number of fused-ring (bicyclic) bond motifs is 2. The lowest BCUT2D eigenvalue weighted by Crippen LogP contribution is -2.45. The molecule has 1 aromatic heterocycles. The summed E-state index contributed by atoms with van der Waals surface area (Å²) in [5, 5.41) is 7.23. The summed E-state index contributed by atoms with van der Waals surface area (Å²) in [6, 6.07) is 28.4. The van der Waals surface area contributed by atoms with Gasteiger partial charge in [0.25, 0.3) is 0 Å². The minimum Gasteiger partial charge on any atom is -0.314 e. The molecule has 3 aromatic carbocycles. The zero-order valence-electron chi connectivity index (χ0n) is 15.3. The number of rotatable bonds is 3. The van der Waals surface area contributed by atoms with E-state index in [0.29, 0.717) is 0 Å². The smallest absolute Gasteiger partial charge is 0.0777 e. The molecule has 0 spiro atoms. The molecule has 2 heterocycles. The van der Waals surface area contributed by atoms with Crippen molar-refractivity contribution in [3.05, 3.63) is 90.1 Å². The van der Waals surface area contributed by atoms with Crippen LogP contribution in [0.15, 0.2) is 78.9 Å². The van der Waals surface area contributed by atoms with E-state index in [2.05, 4.69) is 89.1 Å². The molecule has 1 fully saturated rings. The van der Waals surface area contributed by atoms with Crippen molar-refractivity contribution in [1.29, 1.82) is 0 Å². The Kier molecular flexibility index (Phi) is 4.32. The van der Waals surface area contributed by atoms with Crippen molar-refractivity contribution in [2.45, 2.75) is 6.04 Å². The molecule has 4 aromatic rings. The molecule has 0 bridgehead atoms. The number of para-hydroxylation sites is 1. The summed E-state index contributed by atoms with van der Waals surface area (Å²) in [5.74, 6) is 0. The number of piperazine rings is 1. The van der Waals surface area contributed by atoms with E-state index in [0.717, 1.165) is 37.4 Å². The van der Waals surface area contributed by atoms with Crippen LogP contribution in [0.1, 0.15) is 17.3 Å². The average Bonchev–Trinajstić information content (AvgIpc) is 2.74. The van der Waals surface area contributed by atoms with E-state index in [1.807, 2.05) is 0 Å². The van der Waals surface area contributed by atoms with Crippen LogP contribution in [0, 0.1) is 0 Å². The highest BCUT2D eigenvalue weighted by Crippen LogP contribution is 2.31. The highest BCUT2D eigenvalue weighted by atomic mass is 15.2. The topological polar surface area (TPSA) is 28.2 Å². The predicted octanol–water partition coefficient (Wildman–Crippen LogP) is 4.38. The van der Waals surface area contributed by atoms with Gasteiger partial charge in [-0.3, -0.25) is 9.88 Å². The van der Waals surface area contributed by atoms with Crippen molar-refractivity contribution in [2.75, 3.05) is 26.2 Å². The maximum absolute atomic E-state index is 5.05. The third kappa shape index (κ3) is 3.20. The van der Waals surface area contributed by atoms with E-state index in [1.54, 1.807) is 0 Å². The number of nitrogens with zero attached hydrogens (tertiary/aromatic N) is 2. The van der Waals surface area contributed by atoms with E-state index < -0.39 is 0 Å². The molecule has 1 aliphatic heterocycles. The molecule has 0 radical (unpaired) electrons. The Morgan fingerprint density at radius 1 is 0.741 bits per heavy atom. The van der Waals surface area contributed by atoms with Gasteiger partial charge in [-0.05, 0) is 34.5 Å². The maximum Gasteiger partial charge on any atom is 0.0777 e. The molecule has 1 atom stereocenters. The molecular weight excluding hydrogens is 330 g/mol. The minimum atomic E-state index is 0.182. The van der Waals surface area contributed by atoms with Gasteiger partial charge in [-0.2, -0.15) is 0 Å². The maximum atomic E-state index is 5.05. The lowest BCUT2D eigenvalue weighted by molar-refractivity contribution is 0.196. The standard InChI is InChI=1S/C24H23N3/c1-2-7-20-17-21(10-9-18(20)5-1)24(27-15-13-25-14-16-27)23-12-11-19-6-3-4-8-22(19)26-23/h1-12,17,24-25H,13-16H2. The SMILES string of the molecule is c1ccc2cc(C(c3ccc4ccccc4n3)N3CCNCC3)ccc2c1. The number of hydrogen-bond acceptors (Lipinski definition) is 3. The van der Waals surface area contributed by atoms with E-state index in [1.165, 1.54) is 21.7 Å². The largest absolute Gasteiger partial charge is 0.314 e. The van der Waals surface area contributed by atoms with Crippen LogP contribution < -0.4 is 5.32 Å². The lowest BCUT2D eigenvalue weighted by Gasteiger charge is -2.35. The van der Waals surface area contributed by atoms with Crippen LogP contribution in [0.2, 0.25) is 0 Å². The van der Waals surface area contributed by atoms with Gasteiger partial charge in [0.15, 0.2) is 0 Å². The lowest BCUT2D eigenvalue weighted by atomic mass is 9.97. The monoisotopic (exact) mass is 353 g/mol. The molecule has 27 heavy (non-hydrogen) atoms. The summed E-state index contributed by atoms with van der Waals surface area (Å²) < 4.78 is 0. The van der Waals surface area contributed by atoms with Crippen LogP contribution in [0.5, 0.6) is 0 Å². The van der Waals surface area contributed by atoms with Gasteiger partial charge in [-0.15, -0.1) is 0 Å². The van der Waals surface area contributed by atoms with Crippen molar-refractivity contribution in [3.63, 3.8) is 0 Å². The predicted molar refractivity (Wildman–Crippen MR) is 112 cm³/mol. The first-order valence-electron chi connectivity index (χ1n) is 9.68. The Balaban J connectivity index is 1.64. The molecule has 3 heteroatoms. The zero-order chi connectivity index (χ0) is 18.1. The van der Waals surface area contributed by atoms with Gasteiger partial charge in [0, 0.05) is 31.6 Å². The first kappa shape index (κ1) is 16.4. The number of aromatic nitrogens is 1. The van der Waals surface area contributed by atoms with Crippen molar-refractivity contribution < 1.29 is 0 Å². The number of pyridine rings is 1.